The van der Waals surface area contributed by atoms with Gasteiger partial charge in [0.15, 0.2) is 0 Å². The lowest BCUT2D eigenvalue weighted by atomic mass is 10.1. The summed E-state index contributed by atoms with van der Waals surface area (Å²) in [5.41, 5.74) is 1.62. The molecular weight excluding hydrogens is 254 g/mol. The fourth-order valence-electron chi connectivity index (χ4n) is 1.85. The Hall–Kier alpha value is -2.87. The summed E-state index contributed by atoms with van der Waals surface area (Å²) in [6.45, 7) is 0.396. The number of amides is 1. The Morgan fingerprint density at radius 2 is 2.15 bits per heavy atom. The average molecular weight is 267 g/mol. The van der Waals surface area contributed by atoms with E-state index < -0.39 is 0 Å². The van der Waals surface area contributed by atoms with Crippen LogP contribution in [0.4, 0.5) is 0 Å². The minimum absolute atomic E-state index is 0.191. The summed E-state index contributed by atoms with van der Waals surface area (Å²) in [5, 5.41) is 8.85. The van der Waals surface area contributed by atoms with E-state index in [0.29, 0.717) is 17.7 Å². The molecule has 1 N–H and O–H groups in total. The van der Waals surface area contributed by atoms with E-state index in [1.165, 1.54) is 23.2 Å². The van der Waals surface area contributed by atoms with Crippen molar-refractivity contribution in [3.63, 3.8) is 0 Å². The number of H-pyrrole nitrogens is 1. The Balaban J connectivity index is 2.13. The molecule has 0 aliphatic rings. The number of aromatic amines is 1. The highest BCUT2D eigenvalue weighted by molar-refractivity contribution is 5.93. The van der Waals surface area contributed by atoms with Crippen LogP contribution in [0, 0.1) is 11.3 Å². The summed E-state index contributed by atoms with van der Waals surface area (Å²) < 4.78 is 0. The standard InChI is InChI=1S/C15H13N3O2/c1-18(10-12-4-2-3-11(7-12)8-16)15(20)13-5-6-14(19)17-9-13/h2-7,9H,10H2,1H3,(H,17,19). The maximum Gasteiger partial charge on any atom is 0.255 e. The van der Waals surface area contributed by atoms with E-state index in [4.69, 9.17) is 5.26 Å². The SMILES string of the molecule is CN(Cc1cccc(C#N)c1)C(=O)c1ccc(=O)[nH]c1. The Bertz CT molecular complexity index is 708. The van der Waals surface area contributed by atoms with Gasteiger partial charge in [-0.2, -0.15) is 5.26 Å². The van der Waals surface area contributed by atoms with Crippen molar-refractivity contribution in [3.05, 3.63) is 69.6 Å². The van der Waals surface area contributed by atoms with Gasteiger partial charge in [-0.15, -0.1) is 0 Å². The quantitative estimate of drug-likeness (QED) is 0.915. The number of hydrogen-bond acceptors (Lipinski definition) is 3. The zero-order valence-corrected chi connectivity index (χ0v) is 11.0. The normalized spacial score (nSPS) is 9.80. The third kappa shape index (κ3) is 3.12. The molecule has 0 saturated carbocycles. The summed E-state index contributed by atoms with van der Waals surface area (Å²) in [7, 11) is 1.67. The highest BCUT2D eigenvalue weighted by Gasteiger charge is 2.12. The van der Waals surface area contributed by atoms with Crippen molar-refractivity contribution in [2.24, 2.45) is 0 Å². The van der Waals surface area contributed by atoms with E-state index in [9.17, 15) is 9.59 Å². The molecule has 0 bridgehead atoms. The molecule has 2 rings (SSSR count). The second-order valence-electron chi connectivity index (χ2n) is 4.41. The van der Waals surface area contributed by atoms with Crippen LogP contribution in [0.3, 0.4) is 0 Å². The molecule has 20 heavy (non-hydrogen) atoms. The molecule has 1 amide bonds. The van der Waals surface area contributed by atoms with Crippen molar-refractivity contribution in [1.29, 1.82) is 5.26 Å². The van der Waals surface area contributed by atoms with Gasteiger partial charge in [0.1, 0.15) is 0 Å². The van der Waals surface area contributed by atoms with E-state index >= 15 is 0 Å². The Labute approximate surface area is 116 Å². The summed E-state index contributed by atoms with van der Waals surface area (Å²) in [4.78, 5) is 27.1. The number of hydrogen-bond donors (Lipinski definition) is 1. The van der Waals surface area contributed by atoms with Gasteiger partial charge in [0, 0.05) is 25.9 Å². The molecule has 1 heterocycles. The van der Waals surface area contributed by atoms with E-state index in [-0.39, 0.29) is 11.5 Å². The first-order valence-electron chi connectivity index (χ1n) is 6.03. The number of carbonyl (C=O) groups excluding carboxylic acids is 1. The molecule has 0 radical (unpaired) electrons. The molecule has 1 aromatic heterocycles. The van der Waals surface area contributed by atoms with Crippen LogP contribution in [-0.4, -0.2) is 22.8 Å². The Kier molecular flexibility index (Phi) is 3.96. The summed E-state index contributed by atoms with van der Waals surface area (Å²) in [5.74, 6) is -0.191. The van der Waals surface area contributed by atoms with Gasteiger partial charge in [-0.05, 0) is 23.8 Å². The maximum atomic E-state index is 12.2. The lowest BCUT2D eigenvalue weighted by molar-refractivity contribution is 0.0784. The number of carbonyl (C=O) groups is 1. The minimum Gasteiger partial charge on any atom is -0.337 e. The molecule has 0 aliphatic carbocycles. The van der Waals surface area contributed by atoms with Gasteiger partial charge in [-0.3, -0.25) is 9.59 Å². The molecule has 1 aromatic carbocycles. The van der Waals surface area contributed by atoms with Gasteiger partial charge in [0.2, 0.25) is 5.56 Å². The molecule has 2 aromatic rings. The van der Waals surface area contributed by atoms with Crippen molar-refractivity contribution in [1.82, 2.24) is 9.88 Å². The summed E-state index contributed by atoms with van der Waals surface area (Å²) >= 11 is 0. The predicted molar refractivity (Wildman–Crippen MR) is 74.0 cm³/mol. The Morgan fingerprint density at radius 3 is 2.80 bits per heavy atom. The van der Waals surface area contributed by atoms with Crippen LogP contribution in [0.1, 0.15) is 21.5 Å². The number of benzene rings is 1. The third-order valence-electron chi connectivity index (χ3n) is 2.85. The summed E-state index contributed by atoms with van der Waals surface area (Å²) in [6.07, 6.45) is 1.40. The second kappa shape index (κ2) is 5.85. The highest BCUT2D eigenvalue weighted by Crippen LogP contribution is 2.09. The predicted octanol–water partition coefficient (Wildman–Crippen LogP) is 1.52. The van der Waals surface area contributed by atoms with Crippen molar-refractivity contribution in [2.75, 3.05) is 7.05 Å². The molecule has 0 spiro atoms. The maximum absolute atomic E-state index is 12.2. The Morgan fingerprint density at radius 1 is 1.35 bits per heavy atom. The van der Waals surface area contributed by atoms with Crippen molar-refractivity contribution < 1.29 is 4.79 Å². The first-order chi connectivity index (χ1) is 9.60. The lowest BCUT2D eigenvalue weighted by Crippen LogP contribution is -2.26. The van der Waals surface area contributed by atoms with Crippen LogP contribution < -0.4 is 5.56 Å². The van der Waals surface area contributed by atoms with Crippen LogP contribution in [0.5, 0.6) is 0 Å². The fraction of sp³-hybridized carbons (Fsp3) is 0.133. The van der Waals surface area contributed by atoms with Crippen molar-refractivity contribution >= 4 is 5.91 Å². The fourth-order valence-corrected chi connectivity index (χ4v) is 1.85. The van der Waals surface area contributed by atoms with Gasteiger partial charge in [-0.25, -0.2) is 0 Å². The zero-order chi connectivity index (χ0) is 14.5. The molecule has 0 aliphatic heterocycles. The molecule has 5 heteroatoms. The summed E-state index contributed by atoms with van der Waals surface area (Å²) in [6, 6.07) is 12.0. The molecule has 5 nitrogen and oxygen atoms in total. The molecular formula is C15H13N3O2. The van der Waals surface area contributed by atoms with E-state index in [1.807, 2.05) is 6.07 Å². The van der Waals surface area contributed by atoms with Crippen LogP contribution >= 0.6 is 0 Å². The van der Waals surface area contributed by atoms with Gasteiger partial charge in [0.25, 0.3) is 5.91 Å². The van der Waals surface area contributed by atoms with Crippen LogP contribution in [0.15, 0.2) is 47.4 Å². The van der Waals surface area contributed by atoms with E-state index in [0.717, 1.165) is 5.56 Å². The molecule has 100 valence electrons. The first-order valence-corrected chi connectivity index (χ1v) is 6.03. The number of nitrogens with one attached hydrogen (secondary N) is 1. The minimum atomic E-state index is -0.245. The lowest BCUT2D eigenvalue weighted by Gasteiger charge is -2.17. The highest BCUT2D eigenvalue weighted by atomic mass is 16.2. The van der Waals surface area contributed by atoms with E-state index in [1.54, 1.807) is 25.2 Å². The molecule has 0 fully saturated rings. The largest absolute Gasteiger partial charge is 0.337 e. The van der Waals surface area contributed by atoms with Crippen LogP contribution in [0.25, 0.3) is 0 Å². The van der Waals surface area contributed by atoms with Crippen molar-refractivity contribution in [3.8, 4) is 6.07 Å². The number of nitrogens with zero attached hydrogens (tertiary/aromatic N) is 2. The van der Waals surface area contributed by atoms with Crippen LogP contribution in [0.2, 0.25) is 0 Å². The number of aromatic nitrogens is 1. The smallest absolute Gasteiger partial charge is 0.255 e. The monoisotopic (exact) mass is 267 g/mol. The second-order valence-corrected chi connectivity index (χ2v) is 4.41. The van der Waals surface area contributed by atoms with Crippen molar-refractivity contribution in [2.45, 2.75) is 6.54 Å². The van der Waals surface area contributed by atoms with E-state index in [2.05, 4.69) is 11.1 Å². The average Bonchev–Trinajstić information content (AvgIpc) is 2.47. The van der Waals surface area contributed by atoms with Crippen LogP contribution in [-0.2, 0) is 6.54 Å². The zero-order valence-electron chi connectivity index (χ0n) is 11.0. The molecule has 0 atom stereocenters. The number of rotatable bonds is 3. The number of nitriles is 1. The van der Waals surface area contributed by atoms with Gasteiger partial charge < -0.3 is 9.88 Å². The third-order valence-corrected chi connectivity index (χ3v) is 2.85. The molecule has 0 unspecified atom stereocenters. The number of pyridine rings is 1. The van der Waals surface area contributed by atoms with Gasteiger partial charge in [-0.1, -0.05) is 12.1 Å². The first kappa shape index (κ1) is 13.6. The molecule has 0 saturated heterocycles. The van der Waals surface area contributed by atoms with Gasteiger partial charge >= 0.3 is 0 Å². The van der Waals surface area contributed by atoms with Gasteiger partial charge in [0.05, 0.1) is 17.2 Å². The topological polar surface area (TPSA) is 77.0 Å².